The first-order chi connectivity index (χ1) is 10.3. The number of carbonyl (C=O) groups excluding carboxylic acids is 1. The van der Waals surface area contributed by atoms with Gasteiger partial charge in [0, 0.05) is 12.6 Å². The van der Waals surface area contributed by atoms with Crippen molar-refractivity contribution in [1.29, 1.82) is 0 Å². The number of sulfonamides is 1. The summed E-state index contributed by atoms with van der Waals surface area (Å²) in [6.07, 6.45) is 0.276. The first kappa shape index (κ1) is 16.2. The molecule has 120 valence electrons. The summed E-state index contributed by atoms with van der Waals surface area (Å²) >= 11 is 0. The van der Waals surface area contributed by atoms with Crippen LogP contribution in [0.2, 0.25) is 0 Å². The second-order valence-corrected chi connectivity index (χ2v) is 6.99. The third kappa shape index (κ3) is 2.89. The molecule has 0 amide bonds. The molecule has 1 atom stereocenters. The Balaban J connectivity index is 2.32. The van der Waals surface area contributed by atoms with Gasteiger partial charge in [-0.15, -0.1) is 0 Å². The zero-order valence-electron chi connectivity index (χ0n) is 12.2. The van der Waals surface area contributed by atoms with Crippen LogP contribution in [0.15, 0.2) is 18.2 Å². The molecule has 1 aliphatic heterocycles. The summed E-state index contributed by atoms with van der Waals surface area (Å²) in [5.74, 6) is -1.82. The summed E-state index contributed by atoms with van der Waals surface area (Å²) in [4.78, 5) is 21.9. The van der Waals surface area contributed by atoms with Gasteiger partial charge >= 0.3 is 5.97 Å². The lowest BCUT2D eigenvalue weighted by Gasteiger charge is -2.21. The molecule has 1 aromatic carbocycles. The van der Waals surface area contributed by atoms with Crippen molar-refractivity contribution in [3.05, 3.63) is 33.9 Å². The number of rotatable bonds is 5. The Hall–Kier alpha value is -2.16. The van der Waals surface area contributed by atoms with Gasteiger partial charge < -0.3 is 4.74 Å². The molecule has 0 saturated carbocycles. The van der Waals surface area contributed by atoms with Crippen LogP contribution >= 0.6 is 0 Å². The number of nitro groups is 1. The highest BCUT2D eigenvalue weighted by atomic mass is 32.2. The van der Waals surface area contributed by atoms with E-state index in [1.54, 1.807) is 0 Å². The van der Waals surface area contributed by atoms with Crippen LogP contribution in [0.1, 0.15) is 12.5 Å². The lowest BCUT2D eigenvalue weighted by Crippen LogP contribution is -2.35. The quantitative estimate of drug-likeness (QED) is 0.455. The molecule has 1 aromatic rings. The fourth-order valence-corrected chi connectivity index (χ4v) is 4.31. The molecule has 0 aliphatic carbocycles. The molecule has 0 saturated heterocycles. The predicted octanol–water partition coefficient (Wildman–Crippen LogP) is 1.10. The van der Waals surface area contributed by atoms with Gasteiger partial charge in [0.1, 0.15) is 0 Å². The van der Waals surface area contributed by atoms with E-state index in [9.17, 15) is 23.3 Å². The van der Waals surface area contributed by atoms with E-state index in [0.717, 1.165) is 4.31 Å². The van der Waals surface area contributed by atoms with E-state index in [1.165, 1.54) is 32.2 Å². The highest BCUT2D eigenvalue weighted by Crippen LogP contribution is 2.36. The Kier molecular flexibility index (Phi) is 4.36. The maximum atomic E-state index is 12.5. The van der Waals surface area contributed by atoms with Crippen LogP contribution in [0.5, 0.6) is 0 Å². The second kappa shape index (κ2) is 5.91. The lowest BCUT2D eigenvalue weighted by atomic mass is 10.1. The molecular formula is C13H16N2O6S. The van der Waals surface area contributed by atoms with Gasteiger partial charge in [0.15, 0.2) is 0 Å². The molecule has 1 aliphatic rings. The zero-order valence-corrected chi connectivity index (χ0v) is 13.0. The maximum absolute atomic E-state index is 12.5. The van der Waals surface area contributed by atoms with Crippen molar-refractivity contribution in [2.24, 2.45) is 5.92 Å². The van der Waals surface area contributed by atoms with Crippen LogP contribution in [0.4, 0.5) is 11.4 Å². The third-order valence-electron chi connectivity index (χ3n) is 3.56. The van der Waals surface area contributed by atoms with E-state index in [1.807, 2.05) is 0 Å². The molecule has 0 spiro atoms. The van der Waals surface area contributed by atoms with Gasteiger partial charge in [-0.25, -0.2) is 8.42 Å². The van der Waals surface area contributed by atoms with Crippen molar-refractivity contribution in [1.82, 2.24) is 0 Å². The number of ether oxygens (including phenoxy) is 1. The van der Waals surface area contributed by atoms with E-state index >= 15 is 0 Å². The molecule has 2 rings (SSSR count). The maximum Gasteiger partial charge on any atom is 0.309 e. The van der Waals surface area contributed by atoms with Gasteiger partial charge in [0.25, 0.3) is 5.69 Å². The second-order valence-electron chi connectivity index (χ2n) is 5.06. The number of anilines is 1. The highest BCUT2D eigenvalue weighted by Gasteiger charge is 2.35. The van der Waals surface area contributed by atoms with E-state index in [4.69, 9.17) is 0 Å². The molecular weight excluding hydrogens is 312 g/mol. The number of nitro benzene ring substituents is 1. The average molecular weight is 328 g/mol. The zero-order chi connectivity index (χ0) is 16.5. The van der Waals surface area contributed by atoms with Crippen molar-refractivity contribution in [3.8, 4) is 0 Å². The fourth-order valence-electron chi connectivity index (χ4n) is 2.52. The smallest absolute Gasteiger partial charge is 0.309 e. The summed E-state index contributed by atoms with van der Waals surface area (Å²) in [5.41, 5.74) is 0.629. The Morgan fingerprint density at radius 2 is 2.18 bits per heavy atom. The number of nitrogens with zero attached hydrogens (tertiary/aromatic N) is 2. The van der Waals surface area contributed by atoms with Gasteiger partial charge in [-0.1, -0.05) is 13.0 Å². The number of benzene rings is 1. The first-order valence-corrected chi connectivity index (χ1v) is 8.23. The minimum absolute atomic E-state index is 0.0868. The van der Waals surface area contributed by atoms with Crippen molar-refractivity contribution >= 4 is 27.4 Å². The van der Waals surface area contributed by atoms with Crippen LogP contribution in [-0.2, 0) is 26.0 Å². The van der Waals surface area contributed by atoms with Gasteiger partial charge in [-0.05, 0) is 12.5 Å². The minimum Gasteiger partial charge on any atom is -0.469 e. The molecule has 1 unspecified atom stereocenters. The predicted molar refractivity (Wildman–Crippen MR) is 79.1 cm³/mol. The van der Waals surface area contributed by atoms with Gasteiger partial charge in [0.2, 0.25) is 10.0 Å². The normalized spacial score (nSPS) is 15.3. The molecule has 8 nitrogen and oxygen atoms in total. The number of methoxy groups -OCH3 is 1. The summed E-state index contributed by atoms with van der Waals surface area (Å²) in [7, 11) is -2.57. The van der Waals surface area contributed by atoms with E-state index < -0.39 is 32.6 Å². The molecule has 22 heavy (non-hydrogen) atoms. The van der Waals surface area contributed by atoms with E-state index in [-0.39, 0.29) is 18.7 Å². The van der Waals surface area contributed by atoms with Crippen LogP contribution in [0.25, 0.3) is 0 Å². The molecule has 0 radical (unpaired) electrons. The van der Waals surface area contributed by atoms with Crippen LogP contribution < -0.4 is 4.31 Å². The molecule has 0 bridgehead atoms. The van der Waals surface area contributed by atoms with Crippen molar-refractivity contribution in [3.63, 3.8) is 0 Å². The molecule has 0 fully saturated rings. The number of hydrogen-bond acceptors (Lipinski definition) is 6. The van der Waals surface area contributed by atoms with E-state index in [2.05, 4.69) is 4.74 Å². The summed E-state index contributed by atoms with van der Waals surface area (Å²) in [5, 5.41) is 11.0. The Bertz CT molecular complexity index is 715. The van der Waals surface area contributed by atoms with E-state index in [0.29, 0.717) is 11.3 Å². The Morgan fingerprint density at radius 3 is 2.77 bits per heavy atom. The van der Waals surface area contributed by atoms with Crippen LogP contribution in [0, 0.1) is 16.0 Å². The largest absolute Gasteiger partial charge is 0.469 e. The average Bonchev–Trinajstić information content (AvgIpc) is 2.90. The fraction of sp³-hybridized carbons (Fsp3) is 0.462. The summed E-state index contributed by atoms with van der Waals surface area (Å²) in [6.45, 7) is 1.60. The number of carbonyl (C=O) groups is 1. The van der Waals surface area contributed by atoms with Gasteiger partial charge in [-0.2, -0.15) is 0 Å². The summed E-state index contributed by atoms with van der Waals surface area (Å²) in [6, 6.07) is 4.34. The number of fused-ring (bicyclic) bond motifs is 1. The van der Waals surface area contributed by atoms with Crippen molar-refractivity contribution in [2.75, 3.05) is 23.7 Å². The first-order valence-electron chi connectivity index (χ1n) is 6.62. The van der Waals surface area contributed by atoms with Gasteiger partial charge in [-0.3, -0.25) is 19.2 Å². The molecule has 1 heterocycles. The lowest BCUT2D eigenvalue weighted by molar-refractivity contribution is -0.385. The minimum atomic E-state index is -3.76. The third-order valence-corrected chi connectivity index (χ3v) is 5.53. The number of esters is 1. The SMILES string of the molecule is COC(=O)C(C)CS(=O)(=O)N1CCc2c1cccc2[N+](=O)[O-]. The standard InChI is InChI=1S/C13H16N2O6S/c1-9(13(16)21-2)8-22(19,20)14-7-6-10-11(14)4-3-5-12(10)15(17)18/h3-5,9H,6-8H2,1-2H3. The summed E-state index contributed by atoms with van der Waals surface area (Å²) < 4.78 is 30.6. The van der Waals surface area contributed by atoms with Crippen LogP contribution in [-0.4, -0.2) is 38.7 Å². The highest BCUT2D eigenvalue weighted by molar-refractivity contribution is 7.92. The molecule has 0 N–H and O–H groups in total. The Labute approximate surface area is 127 Å². The van der Waals surface area contributed by atoms with Crippen LogP contribution in [0.3, 0.4) is 0 Å². The number of hydrogen-bond donors (Lipinski definition) is 0. The van der Waals surface area contributed by atoms with Crippen molar-refractivity contribution in [2.45, 2.75) is 13.3 Å². The Morgan fingerprint density at radius 1 is 1.50 bits per heavy atom. The molecule has 0 aromatic heterocycles. The molecule has 9 heteroatoms. The van der Waals surface area contributed by atoms with Crippen molar-refractivity contribution < 1.29 is 22.9 Å². The van der Waals surface area contributed by atoms with Gasteiger partial charge in [0.05, 0.1) is 35.0 Å². The topological polar surface area (TPSA) is 107 Å². The monoisotopic (exact) mass is 328 g/mol.